The zero-order valence-electron chi connectivity index (χ0n) is 15.2. The van der Waals surface area contributed by atoms with Crippen LogP contribution >= 0.6 is 0 Å². The van der Waals surface area contributed by atoms with E-state index in [4.69, 9.17) is 4.55 Å². The minimum atomic E-state index is -3.87. The Morgan fingerprint density at radius 1 is 0.739 bits per heavy atom. The Bertz CT molecular complexity index is 354. The summed E-state index contributed by atoms with van der Waals surface area (Å²) in [5.41, 5.74) is 0. The average Bonchev–Trinajstić information content (AvgIpc) is 2.48. The molecule has 0 fully saturated rings. The van der Waals surface area contributed by atoms with Gasteiger partial charge in [0.25, 0.3) is 10.1 Å². The monoisotopic (exact) mass is 350 g/mol. The van der Waals surface area contributed by atoms with Crippen LogP contribution in [0.5, 0.6) is 0 Å². The highest BCUT2D eigenvalue weighted by molar-refractivity contribution is 7.86. The van der Waals surface area contributed by atoms with E-state index < -0.39 is 15.4 Å². The SMILES string of the molecule is CCCCCCC(O)CCCCCCCCC(CC)S(=O)(=O)O. The van der Waals surface area contributed by atoms with Crippen molar-refractivity contribution in [2.75, 3.05) is 0 Å². The van der Waals surface area contributed by atoms with E-state index in [2.05, 4.69) is 6.92 Å². The van der Waals surface area contributed by atoms with Crippen molar-refractivity contribution in [2.24, 2.45) is 0 Å². The zero-order valence-corrected chi connectivity index (χ0v) is 16.0. The van der Waals surface area contributed by atoms with Crippen LogP contribution in [0.25, 0.3) is 0 Å². The van der Waals surface area contributed by atoms with E-state index in [9.17, 15) is 13.5 Å². The van der Waals surface area contributed by atoms with E-state index in [1.165, 1.54) is 19.3 Å². The Morgan fingerprint density at radius 2 is 1.17 bits per heavy atom. The highest BCUT2D eigenvalue weighted by Crippen LogP contribution is 2.16. The first-order valence-electron chi connectivity index (χ1n) is 9.56. The van der Waals surface area contributed by atoms with Gasteiger partial charge in [-0.15, -0.1) is 0 Å². The number of aliphatic hydroxyl groups is 1. The van der Waals surface area contributed by atoms with Gasteiger partial charge in [-0.1, -0.05) is 78.1 Å². The first kappa shape index (κ1) is 22.9. The number of hydrogen-bond acceptors (Lipinski definition) is 3. The minimum Gasteiger partial charge on any atom is -0.393 e. The molecule has 2 unspecified atom stereocenters. The van der Waals surface area contributed by atoms with Gasteiger partial charge in [0.15, 0.2) is 0 Å². The van der Waals surface area contributed by atoms with Crippen LogP contribution in [-0.2, 0) is 10.1 Å². The summed E-state index contributed by atoms with van der Waals surface area (Å²) in [4.78, 5) is 0. The van der Waals surface area contributed by atoms with Crippen LogP contribution in [0.2, 0.25) is 0 Å². The van der Waals surface area contributed by atoms with Crippen molar-refractivity contribution in [3.63, 3.8) is 0 Å². The molecule has 0 heterocycles. The van der Waals surface area contributed by atoms with E-state index in [-0.39, 0.29) is 6.10 Å². The topological polar surface area (TPSA) is 74.6 Å². The minimum absolute atomic E-state index is 0.132. The Labute approximate surface area is 143 Å². The van der Waals surface area contributed by atoms with Crippen molar-refractivity contribution >= 4 is 10.1 Å². The molecule has 0 saturated heterocycles. The molecule has 2 atom stereocenters. The maximum atomic E-state index is 11.1. The van der Waals surface area contributed by atoms with Gasteiger partial charge in [-0.25, -0.2) is 0 Å². The van der Waals surface area contributed by atoms with E-state index in [1.54, 1.807) is 6.92 Å². The second kappa shape index (κ2) is 14.2. The standard InChI is InChI=1S/C18H38O4S/c1-3-5-6-11-14-17(19)15-12-9-7-8-10-13-16-18(4-2)23(20,21)22/h17-19H,3-16H2,1-2H3,(H,20,21,22). The van der Waals surface area contributed by atoms with Gasteiger partial charge >= 0.3 is 0 Å². The van der Waals surface area contributed by atoms with E-state index >= 15 is 0 Å². The highest BCUT2D eigenvalue weighted by Gasteiger charge is 2.19. The van der Waals surface area contributed by atoms with E-state index in [1.807, 2.05) is 0 Å². The first-order chi connectivity index (χ1) is 10.9. The van der Waals surface area contributed by atoms with Gasteiger partial charge in [0, 0.05) is 0 Å². The summed E-state index contributed by atoms with van der Waals surface area (Å²) in [6.45, 7) is 3.99. The molecule has 5 heteroatoms. The van der Waals surface area contributed by atoms with Crippen LogP contribution in [-0.4, -0.2) is 29.4 Å². The van der Waals surface area contributed by atoms with Gasteiger partial charge in [0.2, 0.25) is 0 Å². The molecule has 0 aliphatic rings. The van der Waals surface area contributed by atoms with E-state index in [0.717, 1.165) is 57.8 Å². The zero-order chi connectivity index (χ0) is 17.6. The predicted octanol–water partition coefficient (Wildman–Crippen LogP) is 5.10. The molecule has 0 aromatic rings. The summed E-state index contributed by atoms with van der Waals surface area (Å²) in [6, 6.07) is 0. The molecule has 140 valence electrons. The lowest BCUT2D eigenvalue weighted by molar-refractivity contribution is 0.147. The molecular formula is C18H38O4S. The maximum Gasteiger partial charge on any atom is 0.267 e. The van der Waals surface area contributed by atoms with Crippen molar-refractivity contribution < 1.29 is 18.1 Å². The van der Waals surface area contributed by atoms with Crippen molar-refractivity contribution in [1.82, 2.24) is 0 Å². The molecule has 0 saturated carbocycles. The van der Waals surface area contributed by atoms with Crippen molar-refractivity contribution in [2.45, 2.75) is 115 Å². The van der Waals surface area contributed by atoms with Gasteiger partial charge in [-0.2, -0.15) is 8.42 Å². The molecule has 4 nitrogen and oxygen atoms in total. The third-order valence-electron chi connectivity index (χ3n) is 4.58. The first-order valence-corrected chi connectivity index (χ1v) is 11.1. The van der Waals surface area contributed by atoms with Crippen molar-refractivity contribution in [3.05, 3.63) is 0 Å². The third kappa shape index (κ3) is 14.0. The summed E-state index contributed by atoms with van der Waals surface area (Å²) in [7, 11) is -3.87. The lowest BCUT2D eigenvalue weighted by Crippen LogP contribution is -2.19. The van der Waals surface area contributed by atoms with Crippen molar-refractivity contribution in [1.29, 1.82) is 0 Å². The molecule has 0 amide bonds. The fraction of sp³-hybridized carbons (Fsp3) is 1.00. The molecule has 0 aliphatic heterocycles. The maximum absolute atomic E-state index is 11.1. The Morgan fingerprint density at radius 3 is 1.61 bits per heavy atom. The van der Waals surface area contributed by atoms with E-state index in [0.29, 0.717) is 12.8 Å². The molecule has 0 aromatic carbocycles. The van der Waals surface area contributed by atoms with Crippen LogP contribution in [0.4, 0.5) is 0 Å². The van der Waals surface area contributed by atoms with Gasteiger partial charge in [0.1, 0.15) is 0 Å². The van der Waals surface area contributed by atoms with Gasteiger partial charge in [0.05, 0.1) is 11.4 Å². The normalized spacial score (nSPS) is 14.8. The van der Waals surface area contributed by atoms with Gasteiger partial charge in [-0.3, -0.25) is 4.55 Å². The molecule has 0 bridgehead atoms. The molecule has 0 spiro atoms. The lowest BCUT2D eigenvalue weighted by atomic mass is 10.0. The summed E-state index contributed by atoms with van der Waals surface area (Å²) in [6.07, 6.45) is 14.0. The van der Waals surface area contributed by atoms with Crippen LogP contribution in [0.3, 0.4) is 0 Å². The molecule has 0 rings (SSSR count). The fourth-order valence-corrected chi connectivity index (χ4v) is 3.86. The summed E-state index contributed by atoms with van der Waals surface area (Å²) >= 11 is 0. The largest absolute Gasteiger partial charge is 0.393 e. The predicted molar refractivity (Wildman–Crippen MR) is 97.3 cm³/mol. The second-order valence-electron chi connectivity index (χ2n) is 6.75. The molecule has 0 aromatic heterocycles. The summed E-state index contributed by atoms with van der Waals surface area (Å²) in [5.74, 6) is 0. The Kier molecular flexibility index (Phi) is 14.2. The Balaban J connectivity index is 3.42. The smallest absolute Gasteiger partial charge is 0.267 e. The van der Waals surface area contributed by atoms with Crippen LogP contribution < -0.4 is 0 Å². The third-order valence-corrected chi connectivity index (χ3v) is 5.99. The number of hydrogen-bond donors (Lipinski definition) is 2. The molecule has 2 N–H and O–H groups in total. The number of unbranched alkanes of at least 4 members (excludes halogenated alkanes) is 8. The molecular weight excluding hydrogens is 312 g/mol. The number of rotatable bonds is 16. The summed E-state index contributed by atoms with van der Waals surface area (Å²) < 4.78 is 31.2. The lowest BCUT2D eigenvalue weighted by Gasteiger charge is -2.11. The van der Waals surface area contributed by atoms with Crippen LogP contribution in [0.15, 0.2) is 0 Å². The quantitative estimate of drug-likeness (QED) is 0.300. The van der Waals surface area contributed by atoms with Crippen LogP contribution in [0.1, 0.15) is 104 Å². The summed E-state index contributed by atoms with van der Waals surface area (Å²) in [5, 5.41) is 9.28. The second-order valence-corrected chi connectivity index (χ2v) is 8.44. The van der Waals surface area contributed by atoms with Gasteiger partial charge < -0.3 is 5.11 Å². The molecule has 0 aliphatic carbocycles. The Hall–Kier alpha value is -0.130. The number of aliphatic hydroxyl groups excluding tert-OH is 1. The van der Waals surface area contributed by atoms with Gasteiger partial charge in [-0.05, 0) is 25.7 Å². The molecule has 0 radical (unpaired) electrons. The fourth-order valence-electron chi connectivity index (χ4n) is 2.97. The van der Waals surface area contributed by atoms with Crippen molar-refractivity contribution in [3.8, 4) is 0 Å². The van der Waals surface area contributed by atoms with Crippen LogP contribution in [0, 0.1) is 0 Å². The average molecular weight is 351 g/mol. The molecule has 23 heavy (non-hydrogen) atoms. The highest BCUT2D eigenvalue weighted by atomic mass is 32.2.